The van der Waals surface area contributed by atoms with Gasteiger partial charge in [-0.2, -0.15) is 26.3 Å². The molecule has 0 aromatic heterocycles. The fourth-order valence-electron chi connectivity index (χ4n) is 5.91. The maximum Gasteiger partial charge on any atom is 0.416 e. The molecule has 2 fully saturated rings. The van der Waals surface area contributed by atoms with Crippen LogP contribution >= 0.6 is 0 Å². The van der Waals surface area contributed by atoms with E-state index in [0.717, 1.165) is 4.90 Å². The second kappa shape index (κ2) is 10.8. The van der Waals surface area contributed by atoms with Crippen molar-refractivity contribution in [3.63, 3.8) is 0 Å². The first kappa shape index (κ1) is 30.6. The van der Waals surface area contributed by atoms with Gasteiger partial charge in [-0.15, -0.1) is 0 Å². The average molecular weight is 589 g/mol. The molecule has 1 spiro atoms. The molecule has 4 rings (SSSR count). The van der Waals surface area contributed by atoms with E-state index in [2.05, 4.69) is 5.32 Å². The molecular formula is C28H31F7N4O2. The van der Waals surface area contributed by atoms with Crippen LogP contribution in [0.25, 0.3) is 0 Å². The number of halogens is 7. The van der Waals surface area contributed by atoms with Gasteiger partial charge in [0, 0.05) is 19.1 Å². The zero-order valence-corrected chi connectivity index (χ0v) is 22.7. The Kier molecular flexibility index (Phi) is 8.07. The van der Waals surface area contributed by atoms with E-state index < -0.39 is 64.9 Å². The second-order valence-electron chi connectivity index (χ2n) is 11.0. The third-order valence-electron chi connectivity index (χ3n) is 8.34. The molecule has 0 saturated carbocycles. The van der Waals surface area contributed by atoms with Gasteiger partial charge in [0.25, 0.3) is 0 Å². The molecule has 1 unspecified atom stereocenters. The van der Waals surface area contributed by atoms with Crippen LogP contribution in [-0.4, -0.2) is 46.9 Å². The molecule has 3 N–H and O–H groups in total. The van der Waals surface area contributed by atoms with Gasteiger partial charge in [-0.3, -0.25) is 4.79 Å². The highest BCUT2D eigenvalue weighted by atomic mass is 19.4. The molecule has 41 heavy (non-hydrogen) atoms. The Bertz CT molecular complexity index is 1300. The Morgan fingerprint density at radius 1 is 1.05 bits per heavy atom. The van der Waals surface area contributed by atoms with Gasteiger partial charge in [-0.05, 0) is 86.6 Å². The molecule has 0 radical (unpaired) electrons. The molecule has 4 atom stereocenters. The van der Waals surface area contributed by atoms with Crippen molar-refractivity contribution in [3.05, 3.63) is 70.0 Å². The number of rotatable bonds is 4. The van der Waals surface area contributed by atoms with E-state index in [1.807, 2.05) is 0 Å². The monoisotopic (exact) mass is 588 g/mol. The first-order valence-electron chi connectivity index (χ1n) is 13.1. The summed E-state index contributed by atoms with van der Waals surface area (Å²) in [5.41, 5.74) is 2.91. The number of nitrogens with zero attached hydrogens (tertiary/aromatic N) is 2. The number of nitrogens with two attached hydrogens (primary N) is 1. The van der Waals surface area contributed by atoms with Gasteiger partial charge in [0.05, 0.1) is 29.3 Å². The fourth-order valence-corrected chi connectivity index (χ4v) is 5.91. The highest BCUT2D eigenvalue weighted by Crippen LogP contribution is 2.44. The summed E-state index contributed by atoms with van der Waals surface area (Å²) >= 11 is 0. The number of amides is 3. The van der Waals surface area contributed by atoms with Crippen molar-refractivity contribution in [2.75, 3.05) is 13.6 Å². The fraction of sp³-hybridized carbons (Fsp3) is 0.500. The lowest BCUT2D eigenvalue weighted by atomic mass is 9.79. The summed E-state index contributed by atoms with van der Waals surface area (Å²) in [7, 11) is 1.32. The molecular weight excluding hydrogens is 557 g/mol. The number of likely N-dealkylation sites (tertiary alicyclic amines) is 1. The van der Waals surface area contributed by atoms with Gasteiger partial charge >= 0.3 is 18.4 Å². The van der Waals surface area contributed by atoms with Crippen molar-refractivity contribution in [3.8, 4) is 0 Å². The zero-order valence-electron chi connectivity index (χ0n) is 22.7. The Labute approximate surface area is 232 Å². The van der Waals surface area contributed by atoms with E-state index in [1.54, 1.807) is 13.0 Å². The van der Waals surface area contributed by atoms with Crippen LogP contribution < -0.4 is 11.1 Å². The van der Waals surface area contributed by atoms with E-state index in [9.17, 15) is 40.3 Å². The number of hydrogen-bond donors (Lipinski definition) is 2. The van der Waals surface area contributed by atoms with Gasteiger partial charge < -0.3 is 20.9 Å². The van der Waals surface area contributed by atoms with Gasteiger partial charge in [-0.1, -0.05) is 6.07 Å². The summed E-state index contributed by atoms with van der Waals surface area (Å²) in [6.45, 7) is 3.21. The molecule has 2 heterocycles. The smallest absolute Gasteiger partial charge is 0.368 e. The number of alkyl halides is 6. The number of carbonyl (C=O) groups is 2. The first-order valence-corrected chi connectivity index (χ1v) is 13.1. The van der Waals surface area contributed by atoms with Crippen LogP contribution in [0, 0.1) is 12.7 Å². The topological polar surface area (TPSA) is 78.7 Å². The van der Waals surface area contributed by atoms with Gasteiger partial charge in [0.1, 0.15) is 5.82 Å². The molecule has 2 aliphatic rings. The molecule has 6 nitrogen and oxygen atoms in total. The van der Waals surface area contributed by atoms with Gasteiger partial charge in [0.15, 0.2) is 0 Å². The minimum atomic E-state index is -5.03. The van der Waals surface area contributed by atoms with Crippen LogP contribution in [-0.2, 0) is 17.1 Å². The molecule has 0 aliphatic carbocycles. The van der Waals surface area contributed by atoms with Gasteiger partial charge in [0.2, 0.25) is 5.91 Å². The second-order valence-corrected chi connectivity index (χ2v) is 11.0. The summed E-state index contributed by atoms with van der Waals surface area (Å²) < 4.78 is 94.7. The quantitative estimate of drug-likeness (QED) is 0.424. The normalized spacial score (nSPS) is 24.0. The summed E-state index contributed by atoms with van der Waals surface area (Å²) in [6.07, 6.45) is -8.16. The number of primary amides is 1. The molecule has 224 valence electrons. The van der Waals surface area contributed by atoms with Crippen LogP contribution in [0.2, 0.25) is 0 Å². The van der Waals surface area contributed by atoms with Crippen molar-refractivity contribution in [2.45, 2.75) is 75.5 Å². The molecule has 2 aliphatic heterocycles. The molecule has 2 aromatic rings. The third-order valence-corrected chi connectivity index (χ3v) is 8.34. The lowest BCUT2D eigenvalue weighted by Gasteiger charge is -2.47. The van der Waals surface area contributed by atoms with Crippen molar-refractivity contribution in [1.29, 1.82) is 0 Å². The maximum absolute atomic E-state index is 13.9. The lowest BCUT2D eigenvalue weighted by molar-refractivity contribution is -0.143. The van der Waals surface area contributed by atoms with Crippen LogP contribution in [0.3, 0.4) is 0 Å². The molecule has 3 amide bonds. The highest BCUT2D eigenvalue weighted by molar-refractivity contribution is 5.80. The van der Waals surface area contributed by atoms with Crippen LogP contribution in [0.15, 0.2) is 36.4 Å². The van der Waals surface area contributed by atoms with Crippen molar-refractivity contribution in [1.82, 2.24) is 15.1 Å². The molecule has 2 aromatic carbocycles. The Morgan fingerprint density at radius 3 is 2.17 bits per heavy atom. The number of nitrogens with one attached hydrogen (secondary N) is 1. The highest BCUT2D eigenvalue weighted by Gasteiger charge is 2.48. The zero-order chi connectivity index (χ0) is 30.5. The summed E-state index contributed by atoms with van der Waals surface area (Å²) in [4.78, 5) is 28.3. The minimum absolute atomic E-state index is 0.0451. The van der Waals surface area contributed by atoms with Crippen molar-refractivity contribution < 1.29 is 40.3 Å². The number of hydrogen-bond acceptors (Lipinski definition) is 3. The number of piperidine rings is 1. The van der Waals surface area contributed by atoms with Crippen molar-refractivity contribution in [2.24, 2.45) is 5.73 Å². The molecule has 2 saturated heterocycles. The van der Waals surface area contributed by atoms with E-state index in [-0.39, 0.29) is 18.2 Å². The van der Waals surface area contributed by atoms with Crippen LogP contribution in [0.4, 0.5) is 35.5 Å². The summed E-state index contributed by atoms with van der Waals surface area (Å²) in [5.74, 6) is -0.971. The SMILES string of the molecule is Cc1cc(F)ccc1[C@H]1CC2(CC[C@@H](C(N)=O)N2)CCN1C(=O)N(C)[C@H](C)c1cc(C(F)(F)F)cc(C(F)(F)F)c1. The van der Waals surface area contributed by atoms with Gasteiger partial charge in [-0.25, -0.2) is 9.18 Å². The third kappa shape index (κ3) is 6.29. The molecule has 13 heteroatoms. The predicted octanol–water partition coefficient (Wildman–Crippen LogP) is 6.10. The molecule has 0 bridgehead atoms. The number of benzene rings is 2. The minimum Gasteiger partial charge on any atom is -0.368 e. The predicted molar refractivity (Wildman–Crippen MR) is 136 cm³/mol. The average Bonchev–Trinajstić information content (AvgIpc) is 3.29. The van der Waals surface area contributed by atoms with E-state index >= 15 is 0 Å². The largest absolute Gasteiger partial charge is 0.416 e. The van der Waals surface area contributed by atoms with Crippen molar-refractivity contribution >= 4 is 11.9 Å². The maximum atomic E-state index is 13.9. The number of aryl methyl sites for hydroxylation is 1. The van der Waals surface area contributed by atoms with E-state index in [0.29, 0.717) is 48.9 Å². The lowest BCUT2D eigenvalue weighted by Crippen LogP contribution is -2.57. The van der Waals surface area contributed by atoms with Crippen LogP contribution in [0.1, 0.15) is 72.5 Å². The Balaban J connectivity index is 1.68. The van der Waals surface area contributed by atoms with E-state index in [1.165, 1.54) is 31.0 Å². The summed E-state index contributed by atoms with van der Waals surface area (Å²) in [5, 5.41) is 3.30. The summed E-state index contributed by atoms with van der Waals surface area (Å²) in [6, 6.07) is 2.49. The first-order chi connectivity index (χ1) is 18.9. The van der Waals surface area contributed by atoms with Crippen LogP contribution in [0.5, 0.6) is 0 Å². The Morgan fingerprint density at radius 2 is 1.66 bits per heavy atom. The standard InChI is InChI=1S/C28H31F7N4O2/c1-15-10-20(29)4-5-21(15)23-14-26(7-6-22(37-26)24(36)40)8-9-39(23)25(41)38(3)16(2)17-11-18(27(30,31)32)13-19(12-17)28(33,34)35/h4-5,10-13,16,22-23,37H,6-9,14H2,1-3H3,(H2,36,40)/t16-,22+,23-,26?/m1/s1. The van der Waals surface area contributed by atoms with E-state index in [4.69, 9.17) is 5.73 Å². The Hall–Kier alpha value is -3.35. The number of urea groups is 1. The number of carbonyl (C=O) groups excluding carboxylic acids is 2.